The van der Waals surface area contributed by atoms with Crippen LogP contribution in [-0.2, 0) is 24.6 Å². The van der Waals surface area contributed by atoms with E-state index in [1.54, 1.807) is 36.4 Å². The van der Waals surface area contributed by atoms with Gasteiger partial charge in [-0.2, -0.15) is 10.2 Å². The molecular formula is C18H21N5O3. The van der Waals surface area contributed by atoms with Gasteiger partial charge in [0, 0.05) is 13.3 Å². The molecule has 136 valence electrons. The van der Waals surface area contributed by atoms with E-state index in [-0.39, 0.29) is 12.6 Å². The number of ether oxygens (including phenoxy) is 2. The van der Waals surface area contributed by atoms with Crippen LogP contribution in [0.1, 0.15) is 23.0 Å². The van der Waals surface area contributed by atoms with Crippen LogP contribution < -0.4 is 10.1 Å². The lowest BCUT2D eigenvalue weighted by Gasteiger charge is -2.06. The number of carbonyl (C=O) groups excluding carboxylic acids is 1. The maximum absolute atomic E-state index is 12.2. The number of aromatic nitrogens is 4. The molecule has 2 aromatic heterocycles. The molecule has 0 fully saturated rings. The largest absolute Gasteiger partial charge is 0.471 e. The summed E-state index contributed by atoms with van der Waals surface area (Å²) in [4.78, 5) is 12.2. The second kappa shape index (κ2) is 8.30. The topological polar surface area (TPSA) is 83.2 Å². The first kappa shape index (κ1) is 17.7. The van der Waals surface area contributed by atoms with Crippen LogP contribution in [0.3, 0.4) is 0 Å². The van der Waals surface area contributed by atoms with Crippen LogP contribution in [0.2, 0.25) is 0 Å². The Morgan fingerprint density at radius 2 is 1.96 bits per heavy atom. The second-order valence-electron chi connectivity index (χ2n) is 5.65. The smallest absolute Gasteiger partial charge is 0.276 e. The van der Waals surface area contributed by atoms with Crippen molar-refractivity contribution >= 4 is 11.6 Å². The van der Waals surface area contributed by atoms with Crippen LogP contribution in [0.25, 0.3) is 0 Å². The minimum atomic E-state index is -0.310. The molecule has 8 heteroatoms. The Bertz CT molecular complexity index is 854. The van der Waals surface area contributed by atoms with Crippen molar-refractivity contribution in [3.63, 3.8) is 0 Å². The lowest BCUT2D eigenvalue weighted by Crippen LogP contribution is -2.13. The van der Waals surface area contributed by atoms with Gasteiger partial charge in [0.15, 0.2) is 12.4 Å². The summed E-state index contributed by atoms with van der Waals surface area (Å²) in [5, 5.41) is 11.1. The Morgan fingerprint density at radius 3 is 2.69 bits per heavy atom. The van der Waals surface area contributed by atoms with E-state index in [0.29, 0.717) is 18.1 Å². The van der Waals surface area contributed by atoms with Crippen molar-refractivity contribution in [1.82, 2.24) is 19.6 Å². The summed E-state index contributed by atoms with van der Waals surface area (Å²) in [7, 11) is 1.57. The van der Waals surface area contributed by atoms with E-state index in [0.717, 1.165) is 12.2 Å². The lowest BCUT2D eigenvalue weighted by molar-refractivity contribution is 0.101. The van der Waals surface area contributed by atoms with Gasteiger partial charge in [-0.1, -0.05) is 19.1 Å². The number of carbonyl (C=O) groups is 1. The quantitative estimate of drug-likeness (QED) is 0.671. The van der Waals surface area contributed by atoms with E-state index < -0.39 is 0 Å². The highest BCUT2D eigenvalue weighted by molar-refractivity contribution is 6.02. The van der Waals surface area contributed by atoms with Crippen LogP contribution >= 0.6 is 0 Å². The lowest BCUT2D eigenvalue weighted by atomic mass is 10.2. The molecule has 0 atom stereocenters. The number of aryl methyl sites for hydroxylation is 1. The van der Waals surface area contributed by atoms with Gasteiger partial charge < -0.3 is 14.8 Å². The molecule has 1 aromatic carbocycles. The number of hydrogen-bond acceptors (Lipinski definition) is 5. The van der Waals surface area contributed by atoms with E-state index >= 15 is 0 Å². The molecule has 0 saturated heterocycles. The zero-order valence-electron chi connectivity index (χ0n) is 14.8. The first-order chi connectivity index (χ1) is 12.7. The van der Waals surface area contributed by atoms with E-state index in [1.807, 2.05) is 24.3 Å². The number of nitrogens with one attached hydrogen (secondary N) is 1. The highest BCUT2D eigenvalue weighted by Crippen LogP contribution is 2.14. The minimum absolute atomic E-state index is 0.254. The molecule has 0 spiro atoms. The zero-order valence-corrected chi connectivity index (χ0v) is 14.8. The SMILES string of the molecule is CCc1ccc(OCn2cc(NC(=O)c3ccn(COC)n3)cn2)cc1. The summed E-state index contributed by atoms with van der Waals surface area (Å²) in [5.41, 5.74) is 2.14. The number of methoxy groups -OCH3 is 1. The summed E-state index contributed by atoms with van der Waals surface area (Å²) in [6, 6.07) is 9.56. The van der Waals surface area contributed by atoms with Crippen LogP contribution in [0.15, 0.2) is 48.9 Å². The fourth-order valence-corrected chi connectivity index (χ4v) is 2.34. The number of anilines is 1. The Labute approximate surface area is 151 Å². The predicted molar refractivity (Wildman–Crippen MR) is 95.9 cm³/mol. The van der Waals surface area contributed by atoms with Gasteiger partial charge in [-0.25, -0.2) is 9.36 Å². The van der Waals surface area contributed by atoms with Crippen molar-refractivity contribution in [3.8, 4) is 5.75 Å². The molecule has 0 saturated carbocycles. The molecule has 2 heterocycles. The van der Waals surface area contributed by atoms with Gasteiger partial charge in [-0.3, -0.25) is 4.79 Å². The minimum Gasteiger partial charge on any atom is -0.471 e. The second-order valence-corrected chi connectivity index (χ2v) is 5.65. The Balaban J connectivity index is 1.54. The third-order valence-electron chi connectivity index (χ3n) is 3.72. The molecule has 0 aliphatic rings. The van der Waals surface area contributed by atoms with Gasteiger partial charge in [-0.15, -0.1) is 0 Å². The monoisotopic (exact) mass is 355 g/mol. The Kier molecular flexibility index (Phi) is 5.65. The number of hydrogen-bond donors (Lipinski definition) is 1. The normalized spacial score (nSPS) is 10.7. The first-order valence-corrected chi connectivity index (χ1v) is 8.26. The Morgan fingerprint density at radius 1 is 1.15 bits per heavy atom. The number of benzene rings is 1. The van der Waals surface area contributed by atoms with E-state index in [1.165, 1.54) is 10.2 Å². The number of amides is 1. The van der Waals surface area contributed by atoms with Gasteiger partial charge in [0.1, 0.15) is 12.5 Å². The highest BCUT2D eigenvalue weighted by atomic mass is 16.5. The van der Waals surface area contributed by atoms with Crippen molar-refractivity contribution in [3.05, 3.63) is 60.2 Å². The highest BCUT2D eigenvalue weighted by Gasteiger charge is 2.11. The molecule has 8 nitrogen and oxygen atoms in total. The Hall–Kier alpha value is -3.13. The molecule has 26 heavy (non-hydrogen) atoms. The summed E-state index contributed by atoms with van der Waals surface area (Å²) in [6.45, 7) is 2.66. The molecule has 1 amide bonds. The molecule has 0 aliphatic heterocycles. The fourth-order valence-electron chi connectivity index (χ4n) is 2.34. The van der Waals surface area contributed by atoms with Crippen molar-refractivity contribution in [1.29, 1.82) is 0 Å². The molecule has 3 rings (SSSR count). The molecule has 0 radical (unpaired) electrons. The maximum atomic E-state index is 12.2. The van der Waals surface area contributed by atoms with Crippen LogP contribution in [0.4, 0.5) is 5.69 Å². The average molecular weight is 355 g/mol. The predicted octanol–water partition coefficient (Wildman–Crippen LogP) is 2.53. The van der Waals surface area contributed by atoms with Crippen LogP contribution in [0.5, 0.6) is 5.75 Å². The van der Waals surface area contributed by atoms with Crippen molar-refractivity contribution in [2.75, 3.05) is 12.4 Å². The maximum Gasteiger partial charge on any atom is 0.276 e. The summed E-state index contributed by atoms with van der Waals surface area (Å²) in [6.07, 6.45) is 5.93. The van der Waals surface area contributed by atoms with Gasteiger partial charge in [0.25, 0.3) is 5.91 Å². The molecule has 0 bridgehead atoms. The van der Waals surface area contributed by atoms with Gasteiger partial charge in [0.05, 0.1) is 18.1 Å². The zero-order chi connectivity index (χ0) is 18.4. The summed E-state index contributed by atoms with van der Waals surface area (Å²) < 4.78 is 13.8. The third kappa shape index (κ3) is 4.48. The molecule has 1 N–H and O–H groups in total. The molecular weight excluding hydrogens is 334 g/mol. The standard InChI is InChI=1S/C18H21N5O3/c1-3-14-4-6-16(7-5-14)26-13-23-11-15(10-19-23)20-18(24)17-8-9-22(21-17)12-25-2/h4-11H,3,12-13H2,1-2H3,(H,20,24). The molecule has 0 aliphatic carbocycles. The van der Waals surface area contributed by atoms with Crippen molar-refractivity contribution < 1.29 is 14.3 Å². The van der Waals surface area contributed by atoms with Gasteiger partial charge >= 0.3 is 0 Å². The fraction of sp³-hybridized carbons (Fsp3) is 0.278. The molecule has 0 unspecified atom stereocenters. The molecule has 3 aromatic rings. The van der Waals surface area contributed by atoms with Crippen LogP contribution in [-0.4, -0.2) is 32.6 Å². The third-order valence-corrected chi connectivity index (χ3v) is 3.72. The number of nitrogens with zero attached hydrogens (tertiary/aromatic N) is 4. The van der Waals surface area contributed by atoms with E-state index in [2.05, 4.69) is 22.4 Å². The summed E-state index contributed by atoms with van der Waals surface area (Å²) in [5.74, 6) is 0.461. The summed E-state index contributed by atoms with van der Waals surface area (Å²) >= 11 is 0. The van der Waals surface area contributed by atoms with E-state index in [9.17, 15) is 4.79 Å². The van der Waals surface area contributed by atoms with Crippen LogP contribution in [0, 0.1) is 0 Å². The van der Waals surface area contributed by atoms with E-state index in [4.69, 9.17) is 9.47 Å². The van der Waals surface area contributed by atoms with Gasteiger partial charge in [0.2, 0.25) is 0 Å². The number of rotatable bonds is 8. The average Bonchev–Trinajstić information content (AvgIpc) is 3.30. The van der Waals surface area contributed by atoms with Crippen molar-refractivity contribution in [2.45, 2.75) is 26.8 Å². The first-order valence-electron chi connectivity index (χ1n) is 8.26. The van der Waals surface area contributed by atoms with Crippen molar-refractivity contribution in [2.24, 2.45) is 0 Å². The van der Waals surface area contributed by atoms with Gasteiger partial charge in [-0.05, 0) is 30.2 Å².